The second-order valence-electron chi connectivity index (χ2n) is 7.03. The van der Waals surface area contributed by atoms with Gasteiger partial charge < -0.3 is 0 Å². The van der Waals surface area contributed by atoms with E-state index in [1.807, 2.05) is 0 Å². The number of benzene rings is 2. The van der Waals surface area contributed by atoms with Crippen LogP contribution < -0.4 is 0 Å². The molecule has 2 heterocycles. The van der Waals surface area contributed by atoms with Gasteiger partial charge in [0.15, 0.2) is 0 Å². The van der Waals surface area contributed by atoms with Gasteiger partial charge in [0.1, 0.15) is 10.7 Å². The van der Waals surface area contributed by atoms with Crippen molar-refractivity contribution in [2.75, 3.05) is 6.54 Å². The Bertz CT molecular complexity index is 1250. The molecule has 0 spiro atoms. The van der Waals surface area contributed by atoms with Crippen molar-refractivity contribution >= 4 is 15.7 Å². The fraction of sp³-hybridized carbons (Fsp3) is 0.200. The van der Waals surface area contributed by atoms with Gasteiger partial charge in [-0.05, 0) is 35.4 Å². The minimum atomic E-state index is -4.57. The number of hydrogen-bond acceptors (Lipinski definition) is 4. The van der Waals surface area contributed by atoms with Crippen molar-refractivity contribution in [1.82, 2.24) is 14.2 Å². The van der Waals surface area contributed by atoms with Gasteiger partial charge >= 0.3 is 6.18 Å². The fourth-order valence-electron chi connectivity index (χ4n) is 3.35. The van der Waals surface area contributed by atoms with Crippen LogP contribution in [0, 0.1) is 5.82 Å². The lowest BCUT2D eigenvalue weighted by Gasteiger charge is -2.16. The molecule has 6 nitrogen and oxygen atoms in total. The Morgan fingerprint density at radius 1 is 1.10 bits per heavy atom. The third-order valence-corrected chi connectivity index (χ3v) is 6.49. The monoisotopic (exact) mass is 452 g/mol. The normalized spacial score (nSPS) is 17.1. The van der Waals surface area contributed by atoms with Crippen molar-refractivity contribution in [3.63, 3.8) is 0 Å². The first-order valence-electron chi connectivity index (χ1n) is 9.09. The standard InChI is InChI=1S/C20H16F4N4O2S/c1-27-11-17(10-25-27)31(29,30)28-12-18(13-5-7-16(21)8-6-13)19(26-28)14-3-2-4-15(9-14)20(22,23)24/h2-11,18H,12H2,1H3. The van der Waals surface area contributed by atoms with Crippen molar-refractivity contribution in [2.45, 2.75) is 17.0 Å². The minimum Gasteiger partial charge on any atom is -0.274 e. The second-order valence-corrected chi connectivity index (χ2v) is 8.87. The summed E-state index contributed by atoms with van der Waals surface area (Å²) in [7, 11) is -2.52. The van der Waals surface area contributed by atoms with E-state index in [2.05, 4.69) is 10.2 Å². The Kier molecular flexibility index (Phi) is 5.08. The van der Waals surface area contributed by atoms with Gasteiger partial charge in [0.05, 0.1) is 24.0 Å². The van der Waals surface area contributed by atoms with E-state index in [1.165, 1.54) is 53.5 Å². The first kappa shape index (κ1) is 21.0. The van der Waals surface area contributed by atoms with Crippen LogP contribution in [0.25, 0.3) is 0 Å². The number of nitrogens with zero attached hydrogens (tertiary/aromatic N) is 4. The molecule has 0 N–H and O–H groups in total. The molecule has 0 saturated heterocycles. The number of alkyl halides is 3. The van der Waals surface area contributed by atoms with Crippen molar-refractivity contribution in [2.24, 2.45) is 12.1 Å². The van der Waals surface area contributed by atoms with Crippen molar-refractivity contribution < 1.29 is 26.0 Å². The topological polar surface area (TPSA) is 67.6 Å². The molecule has 1 aromatic heterocycles. The van der Waals surface area contributed by atoms with E-state index in [4.69, 9.17) is 0 Å². The summed E-state index contributed by atoms with van der Waals surface area (Å²) in [6.07, 6.45) is -2.10. The maximum Gasteiger partial charge on any atom is 0.416 e. The molecular weight excluding hydrogens is 436 g/mol. The van der Waals surface area contributed by atoms with Crippen LogP contribution >= 0.6 is 0 Å². The highest BCUT2D eigenvalue weighted by molar-refractivity contribution is 7.89. The van der Waals surface area contributed by atoms with Crippen LogP contribution in [-0.4, -0.2) is 34.9 Å². The van der Waals surface area contributed by atoms with Gasteiger partial charge in [-0.1, -0.05) is 24.3 Å². The summed E-state index contributed by atoms with van der Waals surface area (Å²) >= 11 is 0. The molecule has 0 fully saturated rings. The zero-order valence-electron chi connectivity index (χ0n) is 16.1. The van der Waals surface area contributed by atoms with Gasteiger partial charge in [-0.15, -0.1) is 0 Å². The van der Waals surface area contributed by atoms with E-state index in [-0.39, 0.29) is 22.7 Å². The molecule has 0 amide bonds. The molecule has 0 radical (unpaired) electrons. The molecule has 11 heteroatoms. The van der Waals surface area contributed by atoms with Crippen LogP contribution in [0.1, 0.15) is 22.6 Å². The number of sulfonamides is 1. The molecular formula is C20H16F4N4O2S. The molecule has 0 bridgehead atoms. The molecule has 4 rings (SSSR count). The van der Waals surface area contributed by atoms with Gasteiger partial charge in [-0.3, -0.25) is 4.68 Å². The largest absolute Gasteiger partial charge is 0.416 e. The molecule has 162 valence electrons. The van der Waals surface area contributed by atoms with Crippen LogP contribution in [-0.2, 0) is 23.2 Å². The maximum atomic E-state index is 13.4. The van der Waals surface area contributed by atoms with Gasteiger partial charge in [-0.2, -0.15) is 36.2 Å². The Morgan fingerprint density at radius 2 is 1.81 bits per heavy atom. The van der Waals surface area contributed by atoms with E-state index in [0.717, 1.165) is 16.5 Å². The summed E-state index contributed by atoms with van der Waals surface area (Å²) in [6.45, 7) is -0.144. The maximum absolute atomic E-state index is 13.4. The third kappa shape index (κ3) is 4.05. The molecule has 1 aliphatic heterocycles. The van der Waals surface area contributed by atoms with Gasteiger partial charge in [0.2, 0.25) is 0 Å². The zero-order valence-corrected chi connectivity index (χ0v) is 16.9. The van der Waals surface area contributed by atoms with Crippen LogP contribution in [0.3, 0.4) is 0 Å². The van der Waals surface area contributed by atoms with Crippen LogP contribution in [0.5, 0.6) is 0 Å². The summed E-state index contributed by atoms with van der Waals surface area (Å²) in [4.78, 5) is -0.0955. The highest BCUT2D eigenvalue weighted by Crippen LogP contribution is 2.35. The Labute approximate surface area is 175 Å². The summed E-state index contributed by atoms with van der Waals surface area (Å²) < 4.78 is 81.2. The third-order valence-electron chi connectivity index (χ3n) is 4.90. The molecule has 0 aliphatic carbocycles. The van der Waals surface area contributed by atoms with Crippen molar-refractivity contribution in [3.05, 3.63) is 83.4 Å². The predicted molar refractivity (Wildman–Crippen MR) is 104 cm³/mol. The minimum absolute atomic E-state index is 0.0955. The van der Waals surface area contributed by atoms with E-state index in [1.54, 1.807) is 7.05 Å². The first-order valence-corrected chi connectivity index (χ1v) is 10.5. The predicted octanol–water partition coefficient (Wildman–Crippen LogP) is 3.77. The number of aryl methyl sites for hydroxylation is 1. The summed E-state index contributed by atoms with van der Waals surface area (Å²) in [5, 5.41) is 8.04. The number of hydrogen-bond donors (Lipinski definition) is 0. The van der Waals surface area contributed by atoms with Crippen LogP contribution in [0.2, 0.25) is 0 Å². The molecule has 31 heavy (non-hydrogen) atoms. The average Bonchev–Trinajstić information content (AvgIpc) is 3.36. The van der Waals surface area contributed by atoms with Crippen molar-refractivity contribution in [1.29, 1.82) is 0 Å². The molecule has 2 aromatic carbocycles. The summed E-state index contributed by atoms with van der Waals surface area (Å²) in [5.74, 6) is -1.17. The first-order chi connectivity index (χ1) is 14.6. The zero-order chi connectivity index (χ0) is 22.4. The number of halogens is 4. The summed E-state index contributed by atoms with van der Waals surface area (Å²) in [5.41, 5.74) is -0.0706. The van der Waals surface area contributed by atoms with E-state index in [0.29, 0.717) is 5.56 Å². The average molecular weight is 452 g/mol. The van der Waals surface area contributed by atoms with Gasteiger partial charge in [0, 0.05) is 19.2 Å². The molecule has 1 atom stereocenters. The summed E-state index contributed by atoms with van der Waals surface area (Å²) in [6, 6.07) is 9.86. The molecule has 0 saturated carbocycles. The lowest BCUT2D eigenvalue weighted by molar-refractivity contribution is -0.137. The highest BCUT2D eigenvalue weighted by atomic mass is 32.2. The second kappa shape index (κ2) is 7.49. The van der Waals surface area contributed by atoms with Gasteiger partial charge in [0.25, 0.3) is 10.0 Å². The Balaban J connectivity index is 1.81. The SMILES string of the molecule is Cn1cc(S(=O)(=O)N2CC(c3ccc(F)cc3)C(c3cccc(C(F)(F)F)c3)=N2)cn1. The van der Waals surface area contributed by atoms with E-state index in [9.17, 15) is 26.0 Å². The number of aromatic nitrogens is 2. The molecule has 1 unspecified atom stereocenters. The lowest BCUT2D eigenvalue weighted by atomic mass is 9.90. The fourth-order valence-corrected chi connectivity index (χ4v) is 4.60. The van der Waals surface area contributed by atoms with Gasteiger partial charge in [-0.25, -0.2) is 4.39 Å². The van der Waals surface area contributed by atoms with Crippen molar-refractivity contribution in [3.8, 4) is 0 Å². The number of rotatable bonds is 4. The van der Waals surface area contributed by atoms with E-state index < -0.39 is 33.5 Å². The number of hydrazone groups is 1. The molecule has 3 aromatic rings. The Morgan fingerprint density at radius 3 is 2.42 bits per heavy atom. The van der Waals surface area contributed by atoms with Crippen LogP contribution in [0.4, 0.5) is 17.6 Å². The highest BCUT2D eigenvalue weighted by Gasteiger charge is 2.38. The smallest absolute Gasteiger partial charge is 0.274 e. The molecule has 1 aliphatic rings. The lowest BCUT2D eigenvalue weighted by Crippen LogP contribution is -2.26. The Hall–Kier alpha value is -3.21. The quantitative estimate of drug-likeness (QED) is 0.566. The van der Waals surface area contributed by atoms with Crippen LogP contribution in [0.15, 0.2) is 70.9 Å². The van der Waals surface area contributed by atoms with E-state index >= 15 is 0 Å².